The van der Waals surface area contributed by atoms with Crippen LogP contribution in [0.2, 0.25) is 0 Å². The molecule has 0 saturated heterocycles. The Morgan fingerprint density at radius 1 is 1.42 bits per heavy atom. The molecule has 1 N–H and O–H groups in total. The topological polar surface area (TPSA) is 48.3 Å². The van der Waals surface area contributed by atoms with Gasteiger partial charge in [0.15, 0.2) is 0 Å². The lowest BCUT2D eigenvalue weighted by Crippen LogP contribution is -2.20. The second-order valence-corrected chi connectivity index (χ2v) is 5.12. The molecule has 1 fully saturated rings. The Balaban J connectivity index is 1.57. The van der Waals surface area contributed by atoms with Crippen LogP contribution in [0.25, 0.3) is 0 Å². The summed E-state index contributed by atoms with van der Waals surface area (Å²) in [6, 6.07) is 0. The van der Waals surface area contributed by atoms with Crippen LogP contribution in [-0.2, 0) is 22.6 Å². The lowest BCUT2D eigenvalue weighted by atomic mass is 10.4. The van der Waals surface area contributed by atoms with Gasteiger partial charge >= 0.3 is 0 Å². The molecule has 0 radical (unpaired) electrons. The third-order valence-electron chi connectivity index (χ3n) is 3.33. The first-order chi connectivity index (χ1) is 9.40. The molecular formula is C14H25N3O2. The van der Waals surface area contributed by atoms with E-state index in [4.69, 9.17) is 9.47 Å². The number of ether oxygens (including phenoxy) is 2. The Kier molecular flexibility index (Phi) is 6.33. The third-order valence-corrected chi connectivity index (χ3v) is 3.33. The van der Waals surface area contributed by atoms with Gasteiger partial charge in [-0.25, -0.2) is 4.98 Å². The molecule has 2 rings (SSSR count). The van der Waals surface area contributed by atoms with E-state index < -0.39 is 0 Å². The van der Waals surface area contributed by atoms with Gasteiger partial charge < -0.3 is 19.4 Å². The number of hydrogen-bond acceptors (Lipinski definition) is 4. The maximum Gasteiger partial charge on any atom is 0.0948 e. The number of rotatable bonds is 11. The van der Waals surface area contributed by atoms with Gasteiger partial charge in [-0.2, -0.15) is 0 Å². The average Bonchev–Trinajstić information content (AvgIpc) is 3.14. The Morgan fingerprint density at radius 2 is 2.32 bits per heavy atom. The van der Waals surface area contributed by atoms with Crippen molar-refractivity contribution in [2.75, 3.05) is 33.5 Å². The van der Waals surface area contributed by atoms with Gasteiger partial charge in [0, 0.05) is 46.2 Å². The summed E-state index contributed by atoms with van der Waals surface area (Å²) in [5.41, 5.74) is 1.22. The Morgan fingerprint density at radius 3 is 3.11 bits per heavy atom. The number of aryl methyl sites for hydroxylation is 1. The summed E-state index contributed by atoms with van der Waals surface area (Å²) in [5, 5.41) is 3.34. The van der Waals surface area contributed by atoms with Crippen LogP contribution < -0.4 is 5.32 Å². The molecule has 1 aromatic heterocycles. The average molecular weight is 267 g/mol. The highest BCUT2D eigenvalue weighted by molar-refractivity contribution is 4.97. The van der Waals surface area contributed by atoms with E-state index in [-0.39, 0.29) is 0 Å². The summed E-state index contributed by atoms with van der Waals surface area (Å²) in [5.74, 6) is 0.855. The first-order valence-electron chi connectivity index (χ1n) is 7.16. The van der Waals surface area contributed by atoms with Gasteiger partial charge in [0.05, 0.1) is 18.6 Å². The number of nitrogens with zero attached hydrogens (tertiary/aromatic N) is 2. The summed E-state index contributed by atoms with van der Waals surface area (Å²) in [7, 11) is 1.72. The highest BCUT2D eigenvalue weighted by Gasteiger charge is 2.20. The molecule has 0 aromatic carbocycles. The molecule has 1 aliphatic rings. The van der Waals surface area contributed by atoms with Gasteiger partial charge in [0.1, 0.15) is 0 Å². The minimum atomic E-state index is 0.739. The molecule has 1 heterocycles. The minimum absolute atomic E-state index is 0.739. The van der Waals surface area contributed by atoms with Gasteiger partial charge in [0.25, 0.3) is 0 Å². The van der Waals surface area contributed by atoms with Gasteiger partial charge in [-0.15, -0.1) is 0 Å². The van der Waals surface area contributed by atoms with Crippen LogP contribution in [0.5, 0.6) is 0 Å². The van der Waals surface area contributed by atoms with E-state index in [1.807, 2.05) is 12.5 Å². The van der Waals surface area contributed by atoms with E-state index in [2.05, 4.69) is 14.9 Å². The van der Waals surface area contributed by atoms with Gasteiger partial charge in [-0.1, -0.05) is 0 Å². The largest absolute Gasteiger partial charge is 0.383 e. The van der Waals surface area contributed by atoms with Crippen molar-refractivity contribution in [3.8, 4) is 0 Å². The van der Waals surface area contributed by atoms with Crippen molar-refractivity contribution in [1.82, 2.24) is 14.9 Å². The molecular weight excluding hydrogens is 242 g/mol. The molecule has 0 bridgehead atoms. The minimum Gasteiger partial charge on any atom is -0.383 e. The molecule has 1 aromatic rings. The van der Waals surface area contributed by atoms with Crippen LogP contribution in [0, 0.1) is 5.92 Å². The fraction of sp³-hybridized carbons (Fsp3) is 0.786. The predicted octanol–water partition coefficient (Wildman–Crippen LogP) is 1.44. The number of nitrogens with one attached hydrogen (secondary N) is 1. The molecule has 108 valence electrons. The van der Waals surface area contributed by atoms with E-state index in [1.54, 1.807) is 7.11 Å². The second kappa shape index (κ2) is 8.30. The summed E-state index contributed by atoms with van der Waals surface area (Å²) in [6.45, 7) is 5.23. The quantitative estimate of drug-likeness (QED) is 0.616. The molecule has 0 unspecified atom stereocenters. The standard InChI is InChI=1S/C14H25N3O2/c1-18-8-5-15-9-14-10-16-12-17(14)6-2-7-19-11-13-3-4-13/h10,12-13,15H,2-9,11H2,1H3. The summed E-state index contributed by atoms with van der Waals surface area (Å²) >= 11 is 0. The van der Waals surface area contributed by atoms with E-state index in [0.717, 1.165) is 51.8 Å². The summed E-state index contributed by atoms with van der Waals surface area (Å²) in [4.78, 5) is 4.21. The number of imidazole rings is 1. The van der Waals surface area contributed by atoms with Crippen molar-refractivity contribution in [1.29, 1.82) is 0 Å². The second-order valence-electron chi connectivity index (χ2n) is 5.12. The van der Waals surface area contributed by atoms with Crippen LogP contribution in [0.1, 0.15) is 25.0 Å². The molecule has 0 aliphatic heterocycles. The van der Waals surface area contributed by atoms with E-state index >= 15 is 0 Å². The van der Waals surface area contributed by atoms with Crippen LogP contribution in [0.3, 0.4) is 0 Å². The van der Waals surface area contributed by atoms with E-state index in [0.29, 0.717) is 0 Å². The van der Waals surface area contributed by atoms with Crippen molar-refractivity contribution in [3.63, 3.8) is 0 Å². The summed E-state index contributed by atoms with van der Waals surface area (Å²) in [6.07, 6.45) is 7.59. The molecule has 0 amide bonds. The zero-order valence-corrected chi connectivity index (χ0v) is 11.8. The number of methoxy groups -OCH3 is 1. The monoisotopic (exact) mass is 267 g/mol. The zero-order valence-electron chi connectivity index (χ0n) is 11.8. The molecule has 1 aliphatic carbocycles. The van der Waals surface area contributed by atoms with Crippen LogP contribution in [0.4, 0.5) is 0 Å². The van der Waals surface area contributed by atoms with Gasteiger partial charge in [-0.05, 0) is 25.2 Å². The molecule has 0 atom stereocenters. The van der Waals surface area contributed by atoms with Crippen LogP contribution in [0.15, 0.2) is 12.5 Å². The third kappa shape index (κ3) is 5.72. The van der Waals surface area contributed by atoms with E-state index in [9.17, 15) is 0 Å². The Labute approximate surface area is 115 Å². The van der Waals surface area contributed by atoms with Crippen molar-refractivity contribution >= 4 is 0 Å². The fourth-order valence-corrected chi connectivity index (χ4v) is 1.96. The summed E-state index contributed by atoms with van der Waals surface area (Å²) < 4.78 is 12.8. The number of hydrogen-bond donors (Lipinski definition) is 1. The van der Waals surface area contributed by atoms with Gasteiger partial charge in [0.2, 0.25) is 0 Å². The lowest BCUT2D eigenvalue weighted by Gasteiger charge is -2.09. The maximum absolute atomic E-state index is 5.64. The maximum atomic E-state index is 5.64. The Hall–Kier alpha value is -0.910. The van der Waals surface area contributed by atoms with Crippen LogP contribution in [-0.4, -0.2) is 43.0 Å². The molecule has 0 spiro atoms. The highest BCUT2D eigenvalue weighted by atomic mass is 16.5. The molecule has 5 heteroatoms. The van der Waals surface area contributed by atoms with E-state index in [1.165, 1.54) is 18.5 Å². The van der Waals surface area contributed by atoms with Crippen molar-refractivity contribution in [2.45, 2.75) is 32.4 Å². The molecule has 5 nitrogen and oxygen atoms in total. The smallest absolute Gasteiger partial charge is 0.0948 e. The predicted molar refractivity (Wildman–Crippen MR) is 74.0 cm³/mol. The Bertz CT molecular complexity index is 350. The fourth-order valence-electron chi connectivity index (χ4n) is 1.96. The highest BCUT2D eigenvalue weighted by Crippen LogP contribution is 2.28. The first-order valence-corrected chi connectivity index (χ1v) is 7.16. The van der Waals surface area contributed by atoms with Crippen molar-refractivity contribution < 1.29 is 9.47 Å². The number of aromatic nitrogens is 2. The lowest BCUT2D eigenvalue weighted by molar-refractivity contribution is 0.119. The molecule has 1 saturated carbocycles. The van der Waals surface area contributed by atoms with Gasteiger partial charge in [-0.3, -0.25) is 0 Å². The van der Waals surface area contributed by atoms with Crippen molar-refractivity contribution in [2.24, 2.45) is 5.92 Å². The molecule has 19 heavy (non-hydrogen) atoms. The SMILES string of the molecule is COCCNCc1cncn1CCCOCC1CC1. The van der Waals surface area contributed by atoms with Crippen molar-refractivity contribution in [3.05, 3.63) is 18.2 Å². The zero-order chi connectivity index (χ0) is 13.3. The first kappa shape index (κ1) is 14.5. The normalized spacial score (nSPS) is 15.0. The van der Waals surface area contributed by atoms with Crippen LogP contribution >= 0.6 is 0 Å².